The molecule has 0 atom stereocenters. The summed E-state index contributed by atoms with van der Waals surface area (Å²) in [6.45, 7) is 10.8. The summed E-state index contributed by atoms with van der Waals surface area (Å²) in [5, 5.41) is 10.7. The van der Waals surface area contributed by atoms with Crippen LogP contribution in [-0.2, 0) is 0 Å². The summed E-state index contributed by atoms with van der Waals surface area (Å²) in [4.78, 5) is 31.0. The average molecular weight is 374 g/mol. The number of aromatic nitrogens is 2. The van der Waals surface area contributed by atoms with Crippen molar-refractivity contribution in [3.8, 4) is 0 Å². The first-order valence-electron chi connectivity index (χ1n) is 7.68. The first kappa shape index (κ1) is 21.0. The van der Waals surface area contributed by atoms with E-state index < -0.39 is 11.5 Å². The number of nitrogens with zero attached hydrogens (tertiary/aromatic N) is 3. The first-order chi connectivity index (χ1) is 12.5. The van der Waals surface area contributed by atoms with Crippen molar-refractivity contribution < 1.29 is 4.79 Å². The zero-order chi connectivity index (χ0) is 19.5. The first-order valence-corrected chi connectivity index (χ1v) is 8.06. The average Bonchev–Trinajstić information content (AvgIpc) is 2.64. The zero-order valence-electron chi connectivity index (χ0n) is 14.6. The highest BCUT2D eigenvalue weighted by Gasteiger charge is 2.14. The number of hydrogen-bond acceptors (Lipinski definition) is 5. The second-order valence-corrected chi connectivity index (χ2v) is 5.19. The molecule has 0 saturated heterocycles. The van der Waals surface area contributed by atoms with E-state index >= 15 is 0 Å². The minimum Gasteiger partial charge on any atom is -0.348 e. The summed E-state index contributed by atoms with van der Waals surface area (Å²) < 4.78 is 0. The maximum atomic E-state index is 12.2. The van der Waals surface area contributed by atoms with Crippen LogP contribution >= 0.6 is 11.6 Å². The van der Waals surface area contributed by atoms with E-state index in [0.29, 0.717) is 10.6 Å². The minimum absolute atomic E-state index is 0.134. The molecule has 1 aromatic heterocycles. The van der Waals surface area contributed by atoms with Crippen LogP contribution in [0.1, 0.15) is 30.0 Å². The molecule has 0 aliphatic carbocycles. The Bertz CT molecular complexity index is 863. The molecule has 1 amide bonds. The predicted molar refractivity (Wildman–Crippen MR) is 106 cm³/mol. The van der Waals surface area contributed by atoms with Gasteiger partial charge in [-0.3, -0.25) is 9.59 Å². The third kappa shape index (κ3) is 5.78. The van der Waals surface area contributed by atoms with Crippen molar-refractivity contribution in [1.82, 2.24) is 15.3 Å². The monoisotopic (exact) mass is 373 g/mol. The maximum absolute atomic E-state index is 12.2. The second-order valence-electron chi connectivity index (χ2n) is 4.78. The molecule has 2 N–H and O–H groups in total. The van der Waals surface area contributed by atoms with Gasteiger partial charge in [0.15, 0.2) is 5.82 Å². The van der Waals surface area contributed by atoms with Crippen LogP contribution in [0.5, 0.6) is 0 Å². The van der Waals surface area contributed by atoms with Gasteiger partial charge in [-0.15, -0.1) is 5.10 Å². The van der Waals surface area contributed by atoms with Gasteiger partial charge in [-0.1, -0.05) is 43.0 Å². The second kappa shape index (κ2) is 10.7. The number of H-pyrrole nitrogens is 1. The topological polar surface area (TPSA) is 99.6 Å². The lowest BCUT2D eigenvalue weighted by Gasteiger charge is -2.08. The Kier molecular flexibility index (Phi) is 8.66. The van der Waals surface area contributed by atoms with Crippen LogP contribution in [-0.4, -0.2) is 34.3 Å². The van der Waals surface area contributed by atoms with Crippen LogP contribution in [0.25, 0.3) is 0 Å². The van der Waals surface area contributed by atoms with Gasteiger partial charge in [0.1, 0.15) is 11.3 Å². The van der Waals surface area contributed by atoms with Gasteiger partial charge in [0.05, 0.1) is 0 Å². The van der Waals surface area contributed by atoms with Crippen molar-refractivity contribution in [2.75, 3.05) is 6.54 Å². The van der Waals surface area contributed by atoms with Crippen molar-refractivity contribution in [3.05, 3.63) is 76.0 Å². The van der Waals surface area contributed by atoms with Gasteiger partial charge in [0.2, 0.25) is 0 Å². The van der Waals surface area contributed by atoms with Gasteiger partial charge in [-0.05, 0) is 25.5 Å². The standard InChI is InChI=1S/C18H20ClN5O2/c1-5-9-12(14(19)6-2)10-21-17(25)13-11-20-16(23-18(13)26)15(7-3)24-22-8-4/h5-9,11H,1,3,10H2,2,4H3,(H,21,25)(H,20,23,26)/b12-9-,14-6+,22-8-,24-15+. The molecule has 1 aromatic rings. The Morgan fingerprint density at radius 2 is 2.15 bits per heavy atom. The van der Waals surface area contributed by atoms with Gasteiger partial charge in [-0.2, -0.15) is 5.10 Å². The molecule has 1 rings (SSSR count). The van der Waals surface area contributed by atoms with Crippen molar-refractivity contribution in [3.63, 3.8) is 0 Å². The number of allylic oxidation sites excluding steroid dienone is 4. The number of halogens is 1. The van der Waals surface area contributed by atoms with Crippen LogP contribution in [0, 0.1) is 0 Å². The molecule has 0 unspecified atom stereocenters. The lowest BCUT2D eigenvalue weighted by Crippen LogP contribution is -2.32. The summed E-state index contributed by atoms with van der Waals surface area (Å²) in [6, 6.07) is 0. The molecule has 8 heteroatoms. The summed E-state index contributed by atoms with van der Waals surface area (Å²) in [7, 11) is 0. The van der Waals surface area contributed by atoms with Crippen molar-refractivity contribution in [2.45, 2.75) is 13.8 Å². The Morgan fingerprint density at radius 3 is 2.69 bits per heavy atom. The highest BCUT2D eigenvalue weighted by molar-refractivity contribution is 6.32. The van der Waals surface area contributed by atoms with E-state index in [4.69, 9.17) is 11.6 Å². The van der Waals surface area contributed by atoms with E-state index in [0.717, 1.165) is 0 Å². The van der Waals surface area contributed by atoms with Crippen LogP contribution in [0.3, 0.4) is 0 Å². The number of carbonyl (C=O) groups is 1. The normalized spacial score (nSPS) is 13.0. The third-order valence-electron chi connectivity index (χ3n) is 3.08. The highest BCUT2D eigenvalue weighted by Crippen LogP contribution is 2.13. The molecular weight excluding hydrogens is 354 g/mol. The van der Waals surface area contributed by atoms with E-state index in [1.54, 1.807) is 32.1 Å². The Hall–Kier alpha value is -3.06. The zero-order valence-corrected chi connectivity index (χ0v) is 15.4. The maximum Gasteiger partial charge on any atom is 0.264 e. The summed E-state index contributed by atoms with van der Waals surface area (Å²) in [5.41, 5.74) is 0.208. The summed E-state index contributed by atoms with van der Waals surface area (Å²) in [5.74, 6) is -0.416. The van der Waals surface area contributed by atoms with E-state index in [-0.39, 0.29) is 23.6 Å². The summed E-state index contributed by atoms with van der Waals surface area (Å²) >= 11 is 6.06. The molecule has 1 heterocycles. The number of aromatic amines is 1. The van der Waals surface area contributed by atoms with Crippen molar-refractivity contribution in [2.24, 2.45) is 10.2 Å². The Morgan fingerprint density at radius 1 is 1.42 bits per heavy atom. The third-order valence-corrected chi connectivity index (χ3v) is 3.54. The number of amides is 1. The van der Waals surface area contributed by atoms with Gasteiger partial charge < -0.3 is 10.3 Å². The fourth-order valence-corrected chi connectivity index (χ4v) is 1.94. The van der Waals surface area contributed by atoms with Crippen LogP contribution in [0.4, 0.5) is 0 Å². The number of rotatable bonds is 8. The Balaban J connectivity index is 3.01. The van der Waals surface area contributed by atoms with Crippen molar-refractivity contribution in [1.29, 1.82) is 0 Å². The molecule has 0 bridgehead atoms. The fraction of sp³-hybridized carbons (Fsp3) is 0.167. The lowest BCUT2D eigenvalue weighted by molar-refractivity contribution is 0.0955. The lowest BCUT2D eigenvalue weighted by atomic mass is 10.2. The molecule has 7 nitrogen and oxygen atoms in total. The van der Waals surface area contributed by atoms with Gasteiger partial charge >= 0.3 is 0 Å². The molecule has 136 valence electrons. The Labute approximate surface area is 156 Å². The predicted octanol–water partition coefficient (Wildman–Crippen LogP) is 2.74. The quantitative estimate of drug-likeness (QED) is 0.416. The molecule has 0 radical (unpaired) electrons. The smallest absolute Gasteiger partial charge is 0.264 e. The molecule has 0 aromatic carbocycles. The molecule has 0 aliphatic rings. The van der Waals surface area contributed by atoms with E-state index in [1.165, 1.54) is 18.5 Å². The van der Waals surface area contributed by atoms with Crippen LogP contribution in [0.15, 0.2) is 69.3 Å². The number of nitrogens with one attached hydrogen (secondary N) is 2. The van der Waals surface area contributed by atoms with E-state index in [2.05, 4.69) is 38.6 Å². The minimum atomic E-state index is -0.603. The van der Waals surface area contributed by atoms with Crippen LogP contribution in [0.2, 0.25) is 0 Å². The summed E-state index contributed by atoms with van der Waals surface area (Å²) in [6.07, 6.45) is 8.98. The molecule has 26 heavy (non-hydrogen) atoms. The molecule has 0 aliphatic heterocycles. The van der Waals surface area contributed by atoms with Crippen molar-refractivity contribution >= 4 is 29.4 Å². The SMILES string of the molecule is C=C/C=C(CNC(=O)c1cnc(/C(C=C)=N/N=C\C)[nH]c1=O)\C(Cl)=C/C. The molecule has 0 fully saturated rings. The highest BCUT2D eigenvalue weighted by atomic mass is 35.5. The largest absolute Gasteiger partial charge is 0.348 e. The van der Waals surface area contributed by atoms with E-state index in [1.807, 2.05) is 0 Å². The van der Waals surface area contributed by atoms with Gasteiger partial charge in [-0.25, -0.2) is 4.98 Å². The van der Waals surface area contributed by atoms with E-state index in [9.17, 15) is 9.59 Å². The van der Waals surface area contributed by atoms with Gasteiger partial charge in [0, 0.05) is 24.0 Å². The fourth-order valence-electron chi connectivity index (χ4n) is 1.81. The number of hydrogen-bond donors (Lipinski definition) is 2. The van der Waals surface area contributed by atoms with Gasteiger partial charge in [0.25, 0.3) is 11.5 Å². The molecular formula is C18H20ClN5O2. The molecule has 0 spiro atoms. The van der Waals surface area contributed by atoms with Crippen LogP contribution < -0.4 is 10.9 Å². The molecule has 0 saturated carbocycles. The number of carbonyl (C=O) groups excluding carboxylic acids is 1.